The minimum atomic E-state index is -5.12. The Kier molecular flexibility index (Phi) is 6.70. The fourth-order valence-corrected chi connectivity index (χ4v) is 4.87. The molecule has 3 aromatic rings. The van der Waals surface area contributed by atoms with Crippen molar-refractivity contribution < 1.29 is 26.8 Å². The summed E-state index contributed by atoms with van der Waals surface area (Å²) < 4.78 is 60.9. The summed E-state index contributed by atoms with van der Waals surface area (Å²) in [6.45, 7) is 3.13. The van der Waals surface area contributed by atoms with Crippen molar-refractivity contribution in [3.8, 4) is 6.07 Å². The molecule has 36 heavy (non-hydrogen) atoms. The number of pyridine rings is 1. The van der Waals surface area contributed by atoms with Crippen LogP contribution in [0, 0.1) is 17.1 Å². The number of oxazole rings is 1. The first-order valence-corrected chi connectivity index (χ1v) is 11.4. The molecule has 12 heteroatoms. The summed E-state index contributed by atoms with van der Waals surface area (Å²) in [5.41, 5.74) is -4.34. The van der Waals surface area contributed by atoms with Crippen LogP contribution in [0.3, 0.4) is 0 Å². The molecule has 0 bridgehead atoms. The molecule has 1 aliphatic rings. The van der Waals surface area contributed by atoms with Crippen LogP contribution in [-0.2, 0) is 23.8 Å². The summed E-state index contributed by atoms with van der Waals surface area (Å²) in [6.07, 6.45) is 1.55. The minimum Gasteiger partial charge on any atom is -0.449 e. The summed E-state index contributed by atoms with van der Waals surface area (Å²) in [6, 6.07) is 6.69. The number of hydrogen-bond acceptors (Lipinski definition) is 7. The smallest absolute Gasteiger partial charge is 0.420 e. The lowest BCUT2D eigenvalue weighted by Gasteiger charge is -2.33. The molecule has 2 aromatic heterocycles. The van der Waals surface area contributed by atoms with Gasteiger partial charge in [-0.15, -0.1) is 12.6 Å². The van der Waals surface area contributed by atoms with E-state index in [0.29, 0.717) is 24.4 Å². The number of carbonyl (C=O) groups excluding carboxylic acids is 1. The number of nitriles is 1. The zero-order valence-corrected chi connectivity index (χ0v) is 20.1. The predicted molar refractivity (Wildman–Crippen MR) is 126 cm³/mol. The van der Waals surface area contributed by atoms with E-state index < -0.39 is 45.8 Å². The molecule has 188 valence electrons. The fourth-order valence-electron chi connectivity index (χ4n) is 4.22. The Balaban J connectivity index is 1.61. The molecule has 0 saturated carbocycles. The van der Waals surface area contributed by atoms with Crippen molar-refractivity contribution in [1.29, 1.82) is 5.26 Å². The zero-order valence-electron chi connectivity index (χ0n) is 19.3. The topological polar surface area (TPSA) is 86.3 Å². The summed E-state index contributed by atoms with van der Waals surface area (Å²) >= 11 is 4.47. The molecule has 1 unspecified atom stereocenters. The van der Waals surface area contributed by atoms with Crippen molar-refractivity contribution in [2.45, 2.75) is 50.3 Å². The number of aryl methyl sites for hydroxylation is 2. The first-order chi connectivity index (χ1) is 17.0. The molecule has 7 nitrogen and oxygen atoms in total. The number of alkyl halides is 3. The Bertz CT molecular complexity index is 1300. The summed E-state index contributed by atoms with van der Waals surface area (Å²) in [5, 5.41) is 9.03. The van der Waals surface area contributed by atoms with E-state index in [1.165, 1.54) is 12.3 Å². The molecule has 1 aromatic carbocycles. The van der Waals surface area contributed by atoms with Gasteiger partial charge in [-0.05, 0) is 51.0 Å². The van der Waals surface area contributed by atoms with Gasteiger partial charge in [-0.3, -0.25) is 14.7 Å². The second-order valence-electron chi connectivity index (χ2n) is 8.67. The number of hydrogen-bond donors (Lipinski definition) is 1. The van der Waals surface area contributed by atoms with E-state index in [1.807, 2.05) is 0 Å². The molecule has 1 aliphatic heterocycles. The van der Waals surface area contributed by atoms with Crippen molar-refractivity contribution in [2.24, 2.45) is 0 Å². The van der Waals surface area contributed by atoms with E-state index in [2.05, 4.69) is 22.6 Å². The monoisotopic (exact) mass is 519 g/mol. The third-order valence-electron chi connectivity index (χ3n) is 5.99. The van der Waals surface area contributed by atoms with E-state index in [0.717, 1.165) is 29.1 Å². The molecule has 0 radical (unpaired) electrons. The quantitative estimate of drug-likeness (QED) is 0.360. The average Bonchev–Trinajstić information content (AvgIpc) is 3.39. The number of amides is 1. The van der Waals surface area contributed by atoms with Crippen LogP contribution in [-0.4, -0.2) is 26.9 Å². The number of aromatic nitrogens is 2. The maximum absolute atomic E-state index is 15.1. The highest BCUT2D eigenvalue weighted by atomic mass is 32.1. The van der Waals surface area contributed by atoms with Gasteiger partial charge in [0.15, 0.2) is 17.2 Å². The summed E-state index contributed by atoms with van der Waals surface area (Å²) in [4.78, 5) is 24.2. The molecule has 1 saturated heterocycles. The van der Waals surface area contributed by atoms with Gasteiger partial charge in [0.25, 0.3) is 5.91 Å². The highest BCUT2D eigenvalue weighted by Crippen LogP contribution is 2.43. The third-order valence-corrected chi connectivity index (χ3v) is 6.45. The van der Waals surface area contributed by atoms with Crippen LogP contribution in [0.4, 0.5) is 28.9 Å². The van der Waals surface area contributed by atoms with Crippen LogP contribution in [0.2, 0.25) is 0 Å². The van der Waals surface area contributed by atoms with Crippen LogP contribution in [0.15, 0.2) is 47.3 Å². The largest absolute Gasteiger partial charge is 0.449 e. The lowest BCUT2D eigenvalue weighted by molar-refractivity contribution is -0.140. The number of anilines is 2. The SMILES string of the molecule is CC1(C)C(=O)N(c2ccc(C#N)c(C(F)(F)F)c2F)C(S)N1c1ccc(CCCc2ncco2)nc1. The molecule has 4 rings (SSSR count). The van der Waals surface area contributed by atoms with E-state index in [1.54, 1.807) is 43.3 Å². The van der Waals surface area contributed by atoms with Gasteiger partial charge in [-0.25, -0.2) is 9.37 Å². The van der Waals surface area contributed by atoms with Crippen LogP contribution >= 0.6 is 12.6 Å². The second kappa shape index (κ2) is 9.46. The van der Waals surface area contributed by atoms with E-state index in [-0.39, 0.29) is 0 Å². The number of benzene rings is 1. The summed E-state index contributed by atoms with van der Waals surface area (Å²) in [7, 11) is 0. The van der Waals surface area contributed by atoms with E-state index >= 15 is 4.39 Å². The Morgan fingerprint density at radius 3 is 2.53 bits per heavy atom. The summed E-state index contributed by atoms with van der Waals surface area (Å²) in [5.74, 6) is -1.73. The van der Waals surface area contributed by atoms with Gasteiger partial charge in [0, 0.05) is 12.1 Å². The number of nitrogens with zero attached hydrogens (tertiary/aromatic N) is 5. The van der Waals surface area contributed by atoms with Crippen LogP contribution in [0.25, 0.3) is 0 Å². The first kappa shape index (κ1) is 25.5. The predicted octanol–water partition coefficient (Wildman–Crippen LogP) is 5.12. The molecular formula is C24H21F4N5O2S. The number of carbonyl (C=O) groups is 1. The van der Waals surface area contributed by atoms with Crippen molar-refractivity contribution in [3.63, 3.8) is 0 Å². The minimum absolute atomic E-state index is 0.484. The van der Waals surface area contributed by atoms with Gasteiger partial charge < -0.3 is 9.32 Å². The Labute approximate surface area is 209 Å². The molecule has 0 N–H and O–H groups in total. The van der Waals surface area contributed by atoms with Gasteiger partial charge in [0.2, 0.25) is 0 Å². The maximum atomic E-state index is 15.1. The van der Waals surface area contributed by atoms with Crippen LogP contribution < -0.4 is 9.80 Å². The number of thiol groups is 1. The van der Waals surface area contributed by atoms with Gasteiger partial charge in [-0.2, -0.15) is 18.4 Å². The van der Waals surface area contributed by atoms with Gasteiger partial charge in [-0.1, -0.05) is 0 Å². The molecule has 1 amide bonds. The third kappa shape index (κ3) is 4.51. The van der Waals surface area contributed by atoms with Gasteiger partial charge >= 0.3 is 6.18 Å². The zero-order chi connectivity index (χ0) is 26.3. The van der Waals surface area contributed by atoms with Crippen molar-refractivity contribution in [3.05, 3.63) is 71.5 Å². The lowest BCUT2D eigenvalue weighted by Crippen LogP contribution is -2.45. The molecule has 1 atom stereocenters. The average molecular weight is 520 g/mol. The standard InChI is InChI=1S/C24H21F4N5O2S/c1-23(2)21(34)32(17-9-6-14(12-29)19(20(17)25)24(26,27)28)22(36)33(23)16-8-7-15(31-13-16)4-3-5-18-30-10-11-35-18/h6-11,13,22,36H,3-5H2,1-2H3. The van der Waals surface area contributed by atoms with Gasteiger partial charge in [0.05, 0.1) is 35.4 Å². The molecule has 1 fully saturated rings. The van der Waals surface area contributed by atoms with E-state index in [4.69, 9.17) is 9.68 Å². The molecular weight excluding hydrogens is 498 g/mol. The van der Waals surface area contributed by atoms with Crippen molar-refractivity contribution in [2.75, 3.05) is 9.80 Å². The van der Waals surface area contributed by atoms with Crippen LogP contribution in [0.1, 0.15) is 43.0 Å². The van der Waals surface area contributed by atoms with Crippen molar-refractivity contribution in [1.82, 2.24) is 9.97 Å². The number of rotatable bonds is 6. The van der Waals surface area contributed by atoms with E-state index in [9.17, 15) is 18.0 Å². The molecule has 3 heterocycles. The Hall–Kier alpha value is -3.59. The normalized spacial score (nSPS) is 17.5. The highest BCUT2D eigenvalue weighted by Gasteiger charge is 2.53. The second-order valence-corrected chi connectivity index (χ2v) is 9.13. The fraction of sp³-hybridized carbons (Fsp3) is 0.333. The Morgan fingerprint density at radius 1 is 1.19 bits per heavy atom. The van der Waals surface area contributed by atoms with Crippen molar-refractivity contribution >= 4 is 29.9 Å². The Morgan fingerprint density at radius 2 is 1.94 bits per heavy atom. The maximum Gasteiger partial charge on any atom is 0.420 e. The number of halogens is 4. The first-order valence-electron chi connectivity index (χ1n) is 10.9. The molecule has 0 aliphatic carbocycles. The lowest BCUT2D eigenvalue weighted by atomic mass is 10.0. The van der Waals surface area contributed by atoms with Crippen LogP contribution in [0.5, 0.6) is 0 Å². The van der Waals surface area contributed by atoms with Gasteiger partial charge in [0.1, 0.15) is 17.4 Å². The molecule has 0 spiro atoms. The highest BCUT2D eigenvalue weighted by molar-refractivity contribution is 7.81.